The van der Waals surface area contributed by atoms with Gasteiger partial charge in [-0.2, -0.15) is 0 Å². The summed E-state index contributed by atoms with van der Waals surface area (Å²) in [6, 6.07) is 0.537. The summed E-state index contributed by atoms with van der Waals surface area (Å²) in [4.78, 5) is 0. The number of hydrogen-bond acceptors (Lipinski definition) is 2. The summed E-state index contributed by atoms with van der Waals surface area (Å²) in [5.41, 5.74) is 5.94. The third kappa shape index (κ3) is 5.35. The smallest absolute Gasteiger partial charge is 0.00443 e. The average Bonchev–Trinajstić information content (AvgIpc) is 2.40. The first kappa shape index (κ1) is 14.0. The van der Waals surface area contributed by atoms with Crippen LogP contribution in [0.5, 0.6) is 0 Å². The van der Waals surface area contributed by atoms with Crippen molar-refractivity contribution in [3.05, 3.63) is 0 Å². The van der Waals surface area contributed by atoms with E-state index in [1.807, 2.05) is 0 Å². The second-order valence-electron chi connectivity index (χ2n) is 6.11. The van der Waals surface area contributed by atoms with Crippen molar-refractivity contribution in [2.75, 3.05) is 12.5 Å². The van der Waals surface area contributed by atoms with Gasteiger partial charge in [0, 0.05) is 18.6 Å². The van der Waals surface area contributed by atoms with E-state index < -0.39 is 9.52 Å². The van der Waals surface area contributed by atoms with Crippen LogP contribution >= 0.6 is 0 Å². The first-order valence-electron chi connectivity index (χ1n) is 6.28. The molecule has 2 fully saturated rings. The van der Waals surface area contributed by atoms with Gasteiger partial charge in [-0.25, -0.2) is 0 Å². The fourth-order valence-electron chi connectivity index (χ4n) is 3.03. The summed E-state index contributed by atoms with van der Waals surface area (Å²) in [6.07, 6.45) is 10.2. The Bertz CT molecular complexity index is 302. The highest BCUT2D eigenvalue weighted by atomic mass is 32.2. The van der Waals surface area contributed by atoms with Gasteiger partial charge in [-0.1, -0.05) is 13.3 Å². The van der Waals surface area contributed by atoms with Gasteiger partial charge >= 0.3 is 0 Å². The Kier molecular flexibility index (Phi) is 4.87. The number of hydrogen-bond donors (Lipinski definition) is 1. The maximum atomic E-state index is 10.1. The molecule has 2 saturated carbocycles. The molecule has 0 radical (unpaired) electrons. The highest BCUT2D eigenvalue weighted by molar-refractivity contribution is 7.98. The van der Waals surface area contributed by atoms with Crippen molar-refractivity contribution in [1.29, 1.82) is 0 Å². The molecule has 2 aliphatic carbocycles. The molecule has 3 heteroatoms. The third-order valence-electron chi connectivity index (χ3n) is 3.61. The van der Waals surface area contributed by atoms with Crippen LogP contribution in [-0.2, 0) is 9.52 Å². The Balaban J connectivity index is 0.000000221. The largest absolute Gasteiger partial charge is 0.328 e. The van der Waals surface area contributed by atoms with Crippen molar-refractivity contribution in [3.8, 4) is 0 Å². The molecular weight excluding hydrogens is 218 g/mol. The minimum absolute atomic E-state index is 0.537. The van der Waals surface area contributed by atoms with Crippen molar-refractivity contribution in [1.82, 2.24) is 0 Å². The van der Waals surface area contributed by atoms with Crippen molar-refractivity contribution < 1.29 is 4.21 Å². The Morgan fingerprint density at radius 3 is 2.19 bits per heavy atom. The van der Waals surface area contributed by atoms with Crippen molar-refractivity contribution >= 4 is 15.4 Å². The molecule has 2 N–H and O–H groups in total. The van der Waals surface area contributed by atoms with Gasteiger partial charge < -0.3 is 5.73 Å². The first-order valence-corrected chi connectivity index (χ1v) is 8.83. The Hall–Kier alpha value is -0.0200. The summed E-state index contributed by atoms with van der Waals surface area (Å²) in [5, 5.41) is 0. The summed E-state index contributed by atoms with van der Waals surface area (Å²) in [6.45, 7) is 2.39. The van der Waals surface area contributed by atoms with Crippen LogP contribution in [0.3, 0.4) is 0 Å². The highest BCUT2D eigenvalue weighted by Gasteiger charge is 2.35. The lowest BCUT2D eigenvalue weighted by molar-refractivity contribution is 0.220. The molecule has 0 aromatic heterocycles. The summed E-state index contributed by atoms with van der Waals surface area (Å²) in [5.74, 6) is 6.27. The molecule has 96 valence electrons. The van der Waals surface area contributed by atoms with Crippen LogP contribution in [-0.4, -0.2) is 28.6 Å². The standard InChI is InChI=1S/C10H19N.C3H8OS/c1-7-2-3-8-5-10(11)6-9(8)4-7;1-5(2,3)4/h7-10H,2-6,11H2,1H3;1H2,2-3H3/t7?,8?,9?,10-;/m1./s1. The van der Waals surface area contributed by atoms with Crippen LogP contribution in [0.4, 0.5) is 0 Å². The van der Waals surface area contributed by atoms with Gasteiger partial charge in [0.25, 0.3) is 0 Å². The van der Waals surface area contributed by atoms with Gasteiger partial charge in [-0.3, -0.25) is 4.21 Å². The van der Waals surface area contributed by atoms with E-state index in [0.717, 1.165) is 17.8 Å². The van der Waals surface area contributed by atoms with E-state index in [0.29, 0.717) is 6.04 Å². The molecule has 0 heterocycles. The molecule has 16 heavy (non-hydrogen) atoms. The molecule has 0 aromatic rings. The fraction of sp³-hybridized carbons (Fsp3) is 0.923. The second kappa shape index (κ2) is 5.54. The maximum Gasteiger partial charge on any atom is 0.00443 e. The van der Waals surface area contributed by atoms with E-state index in [1.165, 1.54) is 32.1 Å². The van der Waals surface area contributed by atoms with Gasteiger partial charge in [0.05, 0.1) is 0 Å². The summed E-state index contributed by atoms with van der Waals surface area (Å²) < 4.78 is 10.1. The van der Waals surface area contributed by atoms with Crippen molar-refractivity contribution in [2.24, 2.45) is 23.5 Å². The van der Waals surface area contributed by atoms with Crippen LogP contribution in [0.1, 0.15) is 39.0 Å². The van der Waals surface area contributed by atoms with Gasteiger partial charge in [0.15, 0.2) is 0 Å². The molecule has 2 nitrogen and oxygen atoms in total. The second-order valence-corrected chi connectivity index (χ2v) is 8.98. The zero-order valence-corrected chi connectivity index (χ0v) is 11.8. The van der Waals surface area contributed by atoms with E-state index in [9.17, 15) is 4.21 Å². The lowest BCUT2D eigenvalue weighted by atomic mass is 9.77. The van der Waals surface area contributed by atoms with Gasteiger partial charge in [0.2, 0.25) is 0 Å². The van der Waals surface area contributed by atoms with Crippen LogP contribution < -0.4 is 5.73 Å². The topological polar surface area (TPSA) is 43.1 Å². The number of rotatable bonds is 0. The van der Waals surface area contributed by atoms with Crippen molar-refractivity contribution in [3.63, 3.8) is 0 Å². The van der Waals surface area contributed by atoms with Crippen molar-refractivity contribution in [2.45, 2.75) is 45.1 Å². The van der Waals surface area contributed by atoms with Crippen LogP contribution in [0, 0.1) is 17.8 Å². The third-order valence-corrected chi connectivity index (χ3v) is 3.61. The van der Waals surface area contributed by atoms with Crippen LogP contribution in [0.15, 0.2) is 0 Å². The molecular formula is C13H27NOS. The van der Waals surface area contributed by atoms with E-state index >= 15 is 0 Å². The zero-order chi connectivity index (χ0) is 12.3. The van der Waals surface area contributed by atoms with Crippen LogP contribution in [0.2, 0.25) is 0 Å². The van der Waals surface area contributed by atoms with Gasteiger partial charge in [0.1, 0.15) is 0 Å². The average molecular weight is 245 g/mol. The molecule has 0 spiro atoms. The van der Waals surface area contributed by atoms with Crippen LogP contribution in [0.25, 0.3) is 0 Å². The lowest BCUT2D eigenvalue weighted by Gasteiger charge is -2.29. The SMILES string of the molecule is C=S(C)(C)=O.CC1CCC2C[C@@H](N)CC2C1. The van der Waals surface area contributed by atoms with Gasteiger partial charge in [-0.15, -0.1) is 0 Å². The molecule has 0 bridgehead atoms. The Morgan fingerprint density at radius 2 is 1.62 bits per heavy atom. The molecule has 3 unspecified atom stereocenters. The lowest BCUT2D eigenvalue weighted by Crippen LogP contribution is -2.18. The molecule has 0 aliphatic heterocycles. The molecule has 4 atom stereocenters. The molecule has 0 saturated heterocycles. The highest BCUT2D eigenvalue weighted by Crippen LogP contribution is 2.43. The molecule has 0 amide bonds. The minimum Gasteiger partial charge on any atom is -0.328 e. The summed E-state index contributed by atoms with van der Waals surface area (Å²) in [7, 11) is -1.67. The Morgan fingerprint density at radius 1 is 1.12 bits per heavy atom. The maximum absolute atomic E-state index is 10.1. The quantitative estimate of drug-likeness (QED) is 0.664. The number of nitrogens with two attached hydrogens (primary N) is 1. The summed E-state index contributed by atoms with van der Waals surface area (Å²) >= 11 is 0. The normalized spacial score (nSPS) is 38.5. The van der Waals surface area contributed by atoms with E-state index in [1.54, 1.807) is 12.5 Å². The molecule has 2 aliphatic rings. The molecule has 0 aromatic carbocycles. The molecule has 2 rings (SSSR count). The van der Waals surface area contributed by atoms with E-state index in [2.05, 4.69) is 12.8 Å². The predicted octanol–water partition coefficient (Wildman–Crippen LogP) is 2.12. The van der Waals surface area contributed by atoms with Gasteiger partial charge in [-0.05, 0) is 58.8 Å². The fourth-order valence-corrected chi connectivity index (χ4v) is 3.03. The first-order chi connectivity index (χ1) is 7.25. The zero-order valence-electron chi connectivity index (χ0n) is 10.9. The monoisotopic (exact) mass is 245 g/mol. The number of fused-ring (bicyclic) bond motifs is 1. The Labute approximate surface area is 101 Å². The van der Waals surface area contributed by atoms with E-state index in [-0.39, 0.29) is 0 Å². The minimum atomic E-state index is -1.67. The van der Waals surface area contributed by atoms with E-state index in [4.69, 9.17) is 5.73 Å². The predicted molar refractivity (Wildman–Crippen MR) is 74.3 cm³/mol.